The number of hydrogen-bond acceptors (Lipinski definition) is 3. The lowest BCUT2D eigenvalue weighted by Gasteiger charge is -2.29. The van der Waals surface area contributed by atoms with E-state index in [1.54, 1.807) is 18.2 Å². The van der Waals surface area contributed by atoms with Crippen molar-refractivity contribution in [2.75, 3.05) is 18.0 Å². The topological polar surface area (TPSA) is 86.7 Å². The van der Waals surface area contributed by atoms with Crippen molar-refractivity contribution >= 4 is 23.5 Å². The first-order chi connectivity index (χ1) is 10.0. The normalized spacial score (nSPS) is 13.5. The number of carboxylic acid groups (broad SMARTS) is 1. The number of nitrogens with one attached hydrogen (secondary N) is 1. The summed E-state index contributed by atoms with van der Waals surface area (Å²) >= 11 is 0. The third-order valence-corrected chi connectivity index (χ3v) is 3.27. The molecule has 0 aliphatic carbocycles. The fourth-order valence-electron chi connectivity index (χ4n) is 2.25. The molecule has 0 aromatic heterocycles. The van der Waals surface area contributed by atoms with Crippen molar-refractivity contribution in [2.24, 2.45) is 0 Å². The van der Waals surface area contributed by atoms with Gasteiger partial charge in [0.2, 0.25) is 11.8 Å². The van der Waals surface area contributed by atoms with Crippen LogP contribution in [0.1, 0.15) is 22.3 Å². The summed E-state index contributed by atoms with van der Waals surface area (Å²) in [6, 6.07) is 4.57. The van der Waals surface area contributed by atoms with E-state index in [4.69, 9.17) is 5.11 Å². The number of fused-ring (bicyclic) bond motifs is 1. The fraction of sp³-hybridized carbons (Fsp3) is 0.267. The van der Waals surface area contributed by atoms with E-state index < -0.39 is 5.97 Å². The molecule has 2 rings (SSSR count). The molecule has 1 aromatic rings. The third-order valence-electron chi connectivity index (χ3n) is 3.27. The van der Waals surface area contributed by atoms with Gasteiger partial charge in [-0.15, -0.1) is 6.58 Å². The maximum absolute atomic E-state index is 12.0. The molecule has 0 saturated carbocycles. The molecular weight excluding hydrogens is 272 g/mol. The maximum Gasteiger partial charge on any atom is 0.335 e. The lowest BCUT2D eigenvalue weighted by molar-refractivity contribution is -0.123. The highest BCUT2D eigenvalue weighted by Crippen LogP contribution is 2.28. The lowest BCUT2D eigenvalue weighted by Crippen LogP contribution is -2.43. The van der Waals surface area contributed by atoms with Crippen LogP contribution in [0.4, 0.5) is 5.69 Å². The molecule has 6 heteroatoms. The zero-order valence-electron chi connectivity index (χ0n) is 11.5. The number of nitrogens with zero attached hydrogens (tertiary/aromatic N) is 1. The predicted molar refractivity (Wildman–Crippen MR) is 77.3 cm³/mol. The van der Waals surface area contributed by atoms with Gasteiger partial charge in [0.05, 0.1) is 5.56 Å². The van der Waals surface area contributed by atoms with Crippen LogP contribution in [0, 0.1) is 0 Å². The Balaban J connectivity index is 2.23. The molecule has 2 amide bonds. The molecule has 1 aromatic carbocycles. The Kier molecular flexibility index (Phi) is 4.37. The van der Waals surface area contributed by atoms with Crippen LogP contribution in [-0.4, -0.2) is 36.0 Å². The molecule has 110 valence electrons. The van der Waals surface area contributed by atoms with Crippen molar-refractivity contribution in [1.29, 1.82) is 0 Å². The van der Waals surface area contributed by atoms with Gasteiger partial charge in [0.25, 0.3) is 0 Å². The van der Waals surface area contributed by atoms with E-state index in [2.05, 4.69) is 11.9 Å². The van der Waals surface area contributed by atoms with Gasteiger partial charge in [0, 0.05) is 18.7 Å². The maximum atomic E-state index is 12.0. The number of anilines is 1. The fourth-order valence-corrected chi connectivity index (χ4v) is 2.25. The van der Waals surface area contributed by atoms with Crippen LogP contribution in [-0.2, 0) is 16.0 Å². The number of carbonyl (C=O) groups excluding carboxylic acids is 2. The largest absolute Gasteiger partial charge is 0.478 e. The second kappa shape index (κ2) is 6.21. The molecule has 0 bridgehead atoms. The number of carboxylic acids is 1. The summed E-state index contributed by atoms with van der Waals surface area (Å²) in [5.41, 5.74) is 1.55. The van der Waals surface area contributed by atoms with E-state index in [1.807, 2.05) is 0 Å². The average Bonchev–Trinajstić information content (AvgIpc) is 2.47. The van der Waals surface area contributed by atoms with Crippen LogP contribution in [0.25, 0.3) is 0 Å². The molecule has 0 unspecified atom stereocenters. The van der Waals surface area contributed by atoms with Crippen LogP contribution in [0.3, 0.4) is 0 Å². The third kappa shape index (κ3) is 3.28. The summed E-state index contributed by atoms with van der Waals surface area (Å²) in [7, 11) is 0. The number of rotatable bonds is 5. The summed E-state index contributed by atoms with van der Waals surface area (Å²) in [6.45, 7) is 3.77. The Hall–Kier alpha value is -2.63. The number of aryl methyl sites for hydroxylation is 1. The number of carbonyl (C=O) groups is 3. The number of aromatic carboxylic acids is 1. The van der Waals surface area contributed by atoms with Gasteiger partial charge in [0.15, 0.2) is 0 Å². The molecular formula is C15H16N2O4. The van der Waals surface area contributed by atoms with Gasteiger partial charge in [-0.2, -0.15) is 0 Å². The van der Waals surface area contributed by atoms with Crippen molar-refractivity contribution in [2.45, 2.75) is 12.8 Å². The summed E-state index contributed by atoms with van der Waals surface area (Å²) < 4.78 is 0. The Morgan fingerprint density at radius 2 is 2.14 bits per heavy atom. The van der Waals surface area contributed by atoms with Crippen LogP contribution in [0.5, 0.6) is 0 Å². The second-order valence-electron chi connectivity index (χ2n) is 4.72. The summed E-state index contributed by atoms with van der Waals surface area (Å²) in [5.74, 6) is -1.43. The summed E-state index contributed by atoms with van der Waals surface area (Å²) in [5, 5.41) is 11.6. The van der Waals surface area contributed by atoms with Crippen LogP contribution in [0.15, 0.2) is 30.9 Å². The first-order valence-corrected chi connectivity index (χ1v) is 6.57. The van der Waals surface area contributed by atoms with Crippen LogP contribution >= 0.6 is 0 Å². The van der Waals surface area contributed by atoms with Gasteiger partial charge in [0.1, 0.15) is 6.54 Å². The second-order valence-corrected chi connectivity index (χ2v) is 4.72. The predicted octanol–water partition coefficient (Wildman–Crippen LogP) is 0.966. The summed E-state index contributed by atoms with van der Waals surface area (Å²) in [6.07, 6.45) is 2.31. The Bertz CT molecular complexity index is 610. The molecule has 1 aliphatic rings. The SMILES string of the molecule is C=CCNC(=O)CN1C(=O)CCc2cc(C(=O)O)ccc21. The van der Waals surface area contributed by atoms with E-state index in [0.717, 1.165) is 5.56 Å². The van der Waals surface area contributed by atoms with Gasteiger partial charge in [-0.25, -0.2) is 4.79 Å². The first-order valence-electron chi connectivity index (χ1n) is 6.57. The van der Waals surface area contributed by atoms with Crippen LogP contribution in [0.2, 0.25) is 0 Å². The zero-order valence-corrected chi connectivity index (χ0v) is 11.5. The number of amides is 2. The molecule has 0 saturated heterocycles. The standard InChI is InChI=1S/C15H16N2O4/c1-2-7-16-13(18)9-17-12-5-3-11(15(20)21)8-10(12)4-6-14(17)19/h2-3,5,8H,1,4,6-7,9H2,(H,16,18)(H,20,21). The van der Waals surface area contributed by atoms with E-state index in [9.17, 15) is 14.4 Å². The smallest absolute Gasteiger partial charge is 0.335 e. The van der Waals surface area contributed by atoms with E-state index in [1.165, 1.54) is 11.0 Å². The van der Waals surface area contributed by atoms with Crippen molar-refractivity contribution in [1.82, 2.24) is 5.32 Å². The van der Waals surface area contributed by atoms with Gasteiger partial charge >= 0.3 is 5.97 Å². The van der Waals surface area contributed by atoms with E-state index in [-0.39, 0.29) is 30.3 Å². The van der Waals surface area contributed by atoms with Crippen molar-refractivity contribution in [3.63, 3.8) is 0 Å². The Morgan fingerprint density at radius 1 is 1.38 bits per heavy atom. The van der Waals surface area contributed by atoms with Crippen molar-refractivity contribution in [3.8, 4) is 0 Å². The van der Waals surface area contributed by atoms with Crippen molar-refractivity contribution < 1.29 is 19.5 Å². The molecule has 0 fully saturated rings. The molecule has 6 nitrogen and oxygen atoms in total. The molecule has 21 heavy (non-hydrogen) atoms. The molecule has 1 heterocycles. The average molecular weight is 288 g/mol. The van der Waals surface area contributed by atoms with Gasteiger partial charge in [-0.05, 0) is 30.2 Å². The van der Waals surface area contributed by atoms with Gasteiger partial charge in [-0.3, -0.25) is 9.59 Å². The zero-order chi connectivity index (χ0) is 15.4. The molecule has 0 atom stereocenters. The highest BCUT2D eigenvalue weighted by Gasteiger charge is 2.26. The minimum Gasteiger partial charge on any atom is -0.478 e. The molecule has 1 aliphatic heterocycles. The van der Waals surface area contributed by atoms with Gasteiger partial charge in [-0.1, -0.05) is 6.08 Å². The van der Waals surface area contributed by atoms with Crippen molar-refractivity contribution in [3.05, 3.63) is 42.0 Å². The van der Waals surface area contributed by atoms with Gasteiger partial charge < -0.3 is 15.3 Å². The molecule has 2 N–H and O–H groups in total. The monoisotopic (exact) mass is 288 g/mol. The quantitative estimate of drug-likeness (QED) is 0.790. The Morgan fingerprint density at radius 3 is 2.81 bits per heavy atom. The van der Waals surface area contributed by atoms with Crippen LogP contribution < -0.4 is 10.2 Å². The molecule has 0 spiro atoms. The Labute approximate surface area is 122 Å². The van der Waals surface area contributed by atoms with E-state index in [0.29, 0.717) is 18.7 Å². The summed E-state index contributed by atoms with van der Waals surface area (Å²) in [4.78, 5) is 36.1. The highest BCUT2D eigenvalue weighted by molar-refractivity contribution is 6.01. The number of benzene rings is 1. The number of hydrogen-bond donors (Lipinski definition) is 2. The lowest BCUT2D eigenvalue weighted by atomic mass is 9.98. The minimum atomic E-state index is -1.01. The highest BCUT2D eigenvalue weighted by atomic mass is 16.4. The first kappa shape index (κ1) is 14.8. The minimum absolute atomic E-state index is 0.0773. The van der Waals surface area contributed by atoms with E-state index >= 15 is 0 Å². The molecule has 0 radical (unpaired) electrons.